The van der Waals surface area contributed by atoms with Crippen molar-refractivity contribution in [2.45, 2.75) is 25.9 Å². The third-order valence-electron chi connectivity index (χ3n) is 2.04. The summed E-state index contributed by atoms with van der Waals surface area (Å²) >= 11 is 17.6. The molecule has 0 fully saturated rings. The van der Waals surface area contributed by atoms with Crippen molar-refractivity contribution in [1.82, 2.24) is 0 Å². The third-order valence-corrected chi connectivity index (χ3v) is 3.06. The van der Waals surface area contributed by atoms with Crippen molar-refractivity contribution >= 4 is 34.8 Å². The first-order chi connectivity index (χ1) is 7.58. The maximum absolute atomic E-state index is 8.60. The number of nitriles is 1. The summed E-state index contributed by atoms with van der Waals surface area (Å²) in [5, 5.41) is 9.76. The van der Waals surface area contributed by atoms with E-state index in [9.17, 15) is 0 Å². The molecule has 0 saturated carbocycles. The Kier molecular flexibility index (Phi) is 5.21. The highest BCUT2D eigenvalue weighted by molar-refractivity contribution is 6.43. The number of halogens is 3. The van der Waals surface area contributed by atoms with Crippen molar-refractivity contribution in [2.24, 2.45) is 0 Å². The van der Waals surface area contributed by atoms with Crippen LogP contribution in [-0.2, 0) is 0 Å². The minimum absolute atomic E-state index is 0.181. The molecule has 0 amide bonds. The summed E-state index contributed by atoms with van der Waals surface area (Å²) in [4.78, 5) is 0. The lowest BCUT2D eigenvalue weighted by Gasteiger charge is -2.16. The van der Waals surface area contributed by atoms with E-state index in [-0.39, 0.29) is 6.10 Å². The number of ether oxygens (including phenoxy) is 1. The molecule has 0 N–H and O–H groups in total. The van der Waals surface area contributed by atoms with Crippen LogP contribution in [0.1, 0.15) is 19.8 Å². The zero-order chi connectivity index (χ0) is 12.1. The van der Waals surface area contributed by atoms with E-state index >= 15 is 0 Å². The van der Waals surface area contributed by atoms with Gasteiger partial charge < -0.3 is 4.74 Å². The Morgan fingerprint density at radius 1 is 1.25 bits per heavy atom. The molecule has 16 heavy (non-hydrogen) atoms. The molecular weight excluding hydrogens is 268 g/mol. The fraction of sp³-hybridized carbons (Fsp3) is 0.364. The fourth-order valence-corrected chi connectivity index (χ4v) is 1.73. The summed E-state index contributed by atoms with van der Waals surface area (Å²) < 4.78 is 5.57. The summed E-state index contributed by atoms with van der Waals surface area (Å²) in [6, 6.07) is 5.15. The number of hydrogen-bond donors (Lipinski definition) is 0. The Bertz CT molecular complexity index is 414. The second-order valence-electron chi connectivity index (χ2n) is 3.21. The predicted octanol–water partition coefficient (Wildman–Crippen LogP) is 4.72. The lowest BCUT2D eigenvalue weighted by atomic mass is 10.2. The molecule has 5 heteroatoms. The van der Waals surface area contributed by atoms with Gasteiger partial charge in [0, 0.05) is 6.07 Å². The van der Waals surface area contributed by atoms with E-state index in [2.05, 4.69) is 6.07 Å². The van der Waals surface area contributed by atoms with Gasteiger partial charge >= 0.3 is 0 Å². The highest BCUT2D eigenvalue weighted by Crippen LogP contribution is 2.34. The lowest BCUT2D eigenvalue weighted by molar-refractivity contribution is 0.202. The van der Waals surface area contributed by atoms with E-state index in [4.69, 9.17) is 44.8 Å². The molecule has 0 bridgehead atoms. The first-order valence-electron chi connectivity index (χ1n) is 4.76. The SMILES string of the molecule is CCC(CC#N)Oc1cc(Cl)c(Cl)cc1Cl. The summed E-state index contributed by atoms with van der Waals surface area (Å²) in [6.07, 6.45) is 0.858. The molecule has 1 aromatic carbocycles. The van der Waals surface area contributed by atoms with E-state index in [0.717, 1.165) is 6.42 Å². The van der Waals surface area contributed by atoms with E-state index in [1.165, 1.54) is 6.07 Å². The Morgan fingerprint density at radius 2 is 1.88 bits per heavy atom. The van der Waals surface area contributed by atoms with Gasteiger partial charge in [-0.15, -0.1) is 0 Å². The molecule has 0 radical (unpaired) electrons. The van der Waals surface area contributed by atoms with Crippen molar-refractivity contribution in [3.63, 3.8) is 0 Å². The summed E-state index contributed by atoms with van der Waals surface area (Å²) in [5.41, 5.74) is 0. The van der Waals surface area contributed by atoms with Gasteiger partial charge in [-0.2, -0.15) is 5.26 Å². The third kappa shape index (κ3) is 3.45. The molecular formula is C11H10Cl3NO. The lowest BCUT2D eigenvalue weighted by Crippen LogP contribution is -2.14. The molecule has 1 unspecified atom stereocenters. The minimum Gasteiger partial charge on any atom is -0.488 e. The first-order valence-corrected chi connectivity index (χ1v) is 5.90. The maximum atomic E-state index is 8.60. The topological polar surface area (TPSA) is 33.0 Å². The Balaban J connectivity index is 2.88. The smallest absolute Gasteiger partial charge is 0.139 e. The zero-order valence-electron chi connectivity index (χ0n) is 8.64. The van der Waals surface area contributed by atoms with Gasteiger partial charge in [-0.05, 0) is 12.5 Å². The van der Waals surface area contributed by atoms with Gasteiger partial charge in [0.15, 0.2) is 0 Å². The Morgan fingerprint density at radius 3 is 2.44 bits per heavy atom. The van der Waals surface area contributed by atoms with Crippen LogP contribution in [0.2, 0.25) is 15.1 Å². The van der Waals surface area contributed by atoms with Crippen LogP contribution in [0, 0.1) is 11.3 Å². The molecule has 1 rings (SSSR count). The van der Waals surface area contributed by atoms with Gasteiger partial charge in [-0.25, -0.2) is 0 Å². The van der Waals surface area contributed by atoms with Crippen LogP contribution in [-0.4, -0.2) is 6.10 Å². The summed E-state index contributed by atoms with van der Waals surface area (Å²) in [6.45, 7) is 1.94. The van der Waals surface area contributed by atoms with Crippen LogP contribution in [0.25, 0.3) is 0 Å². The van der Waals surface area contributed by atoms with Gasteiger partial charge in [-0.1, -0.05) is 41.7 Å². The second-order valence-corrected chi connectivity index (χ2v) is 4.43. The first kappa shape index (κ1) is 13.4. The molecule has 0 saturated heterocycles. The Hall–Kier alpha value is -0.620. The van der Waals surface area contributed by atoms with Crippen molar-refractivity contribution in [2.75, 3.05) is 0 Å². The largest absolute Gasteiger partial charge is 0.488 e. The van der Waals surface area contributed by atoms with Crippen LogP contribution in [0.3, 0.4) is 0 Å². The monoisotopic (exact) mass is 277 g/mol. The molecule has 2 nitrogen and oxygen atoms in total. The van der Waals surface area contributed by atoms with Crippen molar-refractivity contribution in [3.8, 4) is 11.8 Å². The molecule has 86 valence electrons. The van der Waals surface area contributed by atoms with Crippen LogP contribution in [0.15, 0.2) is 12.1 Å². The van der Waals surface area contributed by atoms with E-state index in [1.807, 2.05) is 6.92 Å². The van der Waals surface area contributed by atoms with Crippen molar-refractivity contribution in [1.29, 1.82) is 5.26 Å². The van der Waals surface area contributed by atoms with E-state index in [1.54, 1.807) is 6.07 Å². The van der Waals surface area contributed by atoms with Crippen molar-refractivity contribution < 1.29 is 4.74 Å². The normalized spacial score (nSPS) is 11.9. The Labute approximate surface area is 110 Å². The highest BCUT2D eigenvalue weighted by atomic mass is 35.5. The minimum atomic E-state index is -0.181. The van der Waals surface area contributed by atoms with Gasteiger partial charge in [-0.3, -0.25) is 0 Å². The number of benzene rings is 1. The number of hydrogen-bond acceptors (Lipinski definition) is 2. The molecule has 0 aliphatic heterocycles. The second kappa shape index (κ2) is 6.20. The zero-order valence-corrected chi connectivity index (χ0v) is 10.9. The predicted molar refractivity (Wildman–Crippen MR) is 66.4 cm³/mol. The van der Waals surface area contributed by atoms with Gasteiger partial charge in [0.1, 0.15) is 11.9 Å². The molecule has 0 aromatic heterocycles. The van der Waals surface area contributed by atoms with Crippen LogP contribution < -0.4 is 4.74 Å². The van der Waals surface area contributed by atoms with Crippen LogP contribution in [0.4, 0.5) is 0 Å². The molecule has 1 atom stereocenters. The van der Waals surface area contributed by atoms with Crippen LogP contribution >= 0.6 is 34.8 Å². The quantitative estimate of drug-likeness (QED) is 0.747. The summed E-state index contributed by atoms with van der Waals surface area (Å²) in [5.74, 6) is 0.457. The number of rotatable bonds is 4. The van der Waals surface area contributed by atoms with Gasteiger partial charge in [0.2, 0.25) is 0 Å². The molecule has 1 aromatic rings. The maximum Gasteiger partial charge on any atom is 0.139 e. The van der Waals surface area contributed by atoms with Gasteiger partial charge in [0.05, 0.1) is 27.6 Å². The summed E-state index contributed by atoms with van der Waals surface area (Å²) in [7, 11) is 0. The molecule has 0 aliphatic carbocycles. The fourth-order valence-electron chi connectivity index (χ4n) is 1.15. The van der Waals surface area contributed by atoms with E-state index < -0.39 is 0 Å². The van der Waals surface area contributed by atoms with E-state index in [0.29, 0.717) is 27.2 Å². The van der Waals surface area contributed by atoms with Crippen molar-refractivity contribution in [3.05, 3.63) is 27.2 Å². The number of nitrogens with zero attached hydrogens (tertiary/aromatic N) is 1. The molecule has 0 aliphatic rings. The standard InChI is InChI=1S/C11H10Cl3NO/c1-2-7(3-4-15)16-11-6-9(13)8(12)5-10(11)14/h5-7H,2-3H2,1H3. The average Bonchev–Trinajstić information content (AvgIpc) is 2.25. The molecule has 0 heterocycles. The van der Waals surface area contributed by atoms with Gasteiger partial charge in [0.25, 0.3) is 0 Å². The highest BCUT2D eigenvalue weighted by Gasteiger charge is 2.12. The average molecular weight is 279 g/mol. The molecule has 0 spiro atoms. The van der Waals surface area contributed by atoms with Crippen LogP contribution in [0.5, 0.6) is 5.75 Å².